The van der Waals surface area contributed by atoms with E-state index in [0.717, 1.165) is 16.8 Å². The van der Waals surface area contributed by atoms with Gasteiger partial charge >= 0.3 is 0 Å². The summed E-state index contributed by atoms with van der Waals surface area (Å²) in [6, 6.07) is 15.2. The molecule has 1 amide bonds. The topological polar surface area (TPSA) is 65.4 Å². The van der Waals surface area contributed by atoms with E-state index in [1.807, 2.05) is 61.7 Å². The first kappa shape index (κ1) is 17.5. The SMILES string of the molecule is CCNC(=O)c1nn(-c2ccccc2)cc1-c1ccc(OC)c(OC)c1. The van der Waals surface area contributed by atoms with E-state index >= 15 is 0 Å². The van der Waals surface area contributed by atoms with Gasteiger partial charge in [-0.3, -0.25) is 4.79 Å². The summed E-state index contributed by atoms with van der Waals surface area (Å²) in [7, 11) is 3.17. The highest BCUT2D eigenvalue weighted by atomic mass is 16.5. The monoisotopic (exact) mass is 351 g/mol. The van der Waals surface area contributed by atoms with Crippen molar-refractivity contribution in [1.29, 1.82) is 0 Å². The van der Waals surface area contributed by atoms with Crippen LogP contribution in [0.1, 0.15) is 17.4 Å². The van der Waals surface area contributed by atoms with Gasteiger partial charge in [-0.2, -0.15) is 5.10 Å². The summed E-state index contributed by atoms with van der Waals surface area (Å²) in [5.41, 5.74) is 2.79. The number of benzene rings is 2. The lowest BCUT2D eigenvalue weighted by Gasteiger charge is -2.09. The van der Waals surface area contributed by atoms with Crippen molar-refractivity contribution in [2.24, 2.45) is 0 Å². The van der Waals surface area contributed by atoms with Crippen molar-refractivity contribution in [1.82, 2.24) is 15.1 Å². The highest BCUT2D eigenvalue weighted by molar-refractivity contribution is 5.99. The van der Waals surface area contributed by atoms with Gasteiger partial charge in [0.05, 0.1) is 19.9 Å². The van der Waals surface area contributed by atoms with Crippen LogP contribution in [0.25, 0.3) is 16.8 Å². The molecule has 0 unspecified atom stereocenters. The van der Waals surface area contributed by atoms with Gasteiger partial charge in [-0.25, -0.2) is 4.68 Å². The van der Waals surface area contributed by atoms with Gasteiger partial charge < -0.3 is 14.8 Å². The van der Waals surface area contributed by atoms with Gasteiger partial charge in [-0.15, -0.1) is 0 Å². The summed E-state index contributed by atoms with van der Waals surface area (Å²) in [4.78, 5) is 12.5. The van der Waals surface area contributed by atoms with Crippen LogP contribution < -0.4 is 14.8 Å². The minimum atomic E-state index is -0.216. The Bertz CT molecular complexity index is 904. The van der Waals surface area contributed by atoms with Gasteiger partial charge in [0, 0.05) is 18.3 Å². The Morgan fingerprint density at radius 1 is 1.08 bits per heavy atom. The lowest BCUT2D eigenvalue weighted by molar-refractivity contribution is 0.0951. The molecule has 0 bridgehead atoms. The van der Waals surface area contributed by atoms with E-state index in [1.165, 1.54) is 0 Å². The molecule has 0 saturated heterocycles. The van der Waals surface area contributed by atoms with Crippen LogP contribution in [0.5, 0.6) is 11.5 Å². The Balaban J connectivity index is 2.13. The fourth-order valence-corrected chi connectivity index (χ4v) is 2.71. The van der Waals surface area contributed by atoms with Crippen LogP contribution >= 0.6 is 0 Å². The highest BCUT2D eigenvalue weighted by Crippen LogP contribution is 2.33. The second-order valence-corrected chi connectivity index (χ2v) is 5.60. The third-order valence-corrected chi connectivity index (χ3v) is 3.98. The van der Waals surface area contributed by atoms with E-state index in [2.05, 4.69) is 10.4 Å². The van der Waals surface area contributed by atoms with Crippen LogP contribution in [0.15, 0.2) is 54.7 Å². The molecule has 26 heavy (non-hydrogen) atoms. The lowest BCUT2D eigenvalue weighted by atomic mass is 10.1. The van der Waals surface area contributed by atoms with Crippen molar-refractivity contribution in [3.63, 3.8) is 0 Å². The zero-order valence-electron chi connectivity index (χ0n) is 15.0. The summed E-state index contributed by atoms with van der Waals surface area (Å²) in [6.07, 6.45) is 1.85. The molecule has 0 aliphatic rings. The van der Waals surface area contributed by atoms with E-state index in [4.69, 9.17) is 9.47 Å². The van der Waals surface area contributed by atoms with Crippen molar-refractivity contribution in [2.45, 2.75) is 6.92 Å². The third-order valence-electron chi connectivity index (χ3n) is 3.98. The summed E-state index contributed by atoms with van der Waals surface area (Å²) in [5.74, 6) is 1.01. The molecule has 6 heteroatoms. The highest BCUT2D eigenvalue weighted by Gasteiger charge is 2.19. The molecule has 1 N–H and O–H groups in total. The predicted octanol–water partition coefficient (Wildman–Crippen LogP) is 3.31. The fraction of sp³-hybridized carbons (Fsp3) is 0.200. The zero-order chi connectivity index (χ0) is 18.5. The van der Waals surface area contributed by atoms with Gasteiger partial charge in [0.15, 0.2) is 17.2 Å². The fourth-order valence-electron chi connectivity index (χ4n) is 2.71. The Labute approximate surface area is 152 Å². The first-order valence-corrected chi connectivity index (χ1v) is 8.33. The van der Waals surface area contributed by atoms with Gasteiger partial charge in [-0.05, 0) is 36.8 Å². The van der Waals surface area contributed by atoms with Crippen LogP contribution in [-0.2, 0) is 0 Å². The number of hydrogen-bond acceptors (Lipinski definition) is 4. The largest absolute Gasteiger partial charge is 0.493 e. The van der Waals surface area contributed by atoms with E-state index in [1.54, 1.807) is 18.9 Å². The van der Waals surface area contributed by atoms with Gasteiger partial charge in [0.1, 0.15) is 0 Å². The third kappa shape index (κ3) is 3.39. The minimum absolute atomic E-state index is 0.216. The molecule has 3 rings (SSSR count). The smallest absolute Gasteiger partial charge is 0.272 e. The second kappa shape index (κ2) is 7.74. The van der Waals surface area contributed by atoms with E-state index in [-0.39, 0.29) is 5.91 Å². The molecule has 0 aliphatic heterocycles. The van der Waals surface area contributed by atoms with Crippen molar-refractivity contribution < 1.29 is 14.3 Å². The first-order valence-electron chi connectivity index (χ1n) is 8.33. The maximum Gasteiger partial charge on any atom is 0.272 e. The number of nitrogens with one attached hydrogen (secondary N) is 1. The molecule has 3 aromatic rings. The van der Waals surface area contributed by atoms with Crippen LogP contribution in [0.2, 0.25) is 0 Å². The van der Waals surface area contributed by atoms with Crippen molar-refractivity contribution in [3.8, 4) is 28.3 Å². The van der Waals surface area contributed by atoms with Crippen molar-refractivity contribution in [3.05, 3.63) is 60.4 Å². The first-order chi connectivity index (χ1) is 12.7. The average molecular weight is 351 g/mol. The minimum Gasteiger partial charge on any atom is -0.493 e. The number of nitrogens with zero attached hydrogens (tertiary/aromatic N) is 2. The molecule has 0 spiro atoms. The standard InChI is InChI=1S/C20H21N3O3/c1-4-21-20(24)19-16(13-23(22-19)15-8-6-5-7-9-15)14-10-11-17(25-2)18(12-14)26-3/h5-13H,4H2,1-3H3,(H,21,24). The summed E-state index contributed by atoms with van der Waals surface area (Å²) in [5, 5.41) is 7.32. The summed E-state index contributed by atoms with van der Waals surface area (Å²) < 4.78 is 12.4. The number of hydrogen-bond donors (Lipinski definition) is 1. The molecular formula is C20H21N3O3. The van der Waals surface area contributed by atoms with Crippen molar-refractivity contribution in [2.75, 3.05) is 20.8 Å². The zero-order valence-corrected chi connectivity index (χ0v) is 15.0. The predicted molar refractivity (Wildman–Crippen MR) is 100 cm³/mol. The summed E-state index contributed by atoms with van der Waals surface area (Å²) >= 11 is 0. The molecule has 6 nitrogen and oxygen atoms in total. The quantitative estimate of drug-likeness (QED) is 0.740. The molecule has 2 aromatic carbocycles. The Hall–Kier alpha value is -3.28. The van der Waals surface area contributed by atoms with E-state index in [9.17, 15) is 4.79 Å². The maximum absolute atomic E-state index is 12.5. The number of ether oxygens (including phenoxy) is 2. The number of aromatic nitrogens is 2. The maximum atomic E-state index is 12.5. The molecule has 0 aliphatic carbocycles. The molecular weight excluding hydrogens is 330 g/mol. The summed E-state index contributed by atoms with van der Waals surface area (Å²) in [6.45, 7) is 2.41. The molecule has 0 fully saturated rings. The van der Waals surface area contributed by atoms with Gasteiger partial charge in [0.25, 0.3) is 5.91 Å². The number of amides is 1. The van der Waals surface area contributed by atoms with Gasteiger partial charge in [0.2, 0.25) is 0 Å². The van der Waals surface area contributed by atoms with Crippen LogP contribution in [0.3, 0.4) is 0 Å². The average Bonchev–Trinajstić information content (AvgIpc) is 3.14. The van der Waals surface area contributed by atoms with Crippen LogP contribution in [0, 0.1) is 0 Å². The number of carbonyl (C=O) groups is 1. The molecule has 0 atom stereocenters. The molecule has 0 saturated carbocycles. The van der Waals surface area contributed by atoms with Crippen molar-refractivity contribution >= 4 is 5.91 Å². The van der Waals surface area contributed by atoms with E-state index < -0.39 is 0 Å². The Kier molecular flexibility index (Phi) is 5.22. The Morgan fingerprint density at radius 2 is 1.81 bits per heavy atom. The number of rotatable bonds is 6. The lowest BCUT2D eigenvalue weighted by Crippen LogP contribution is -2.23. The molecule has 1 heterocycles. The van der Waals surface area contributed by atoms with Gasteiger partial charge in [-0.1, -0.05) is 24.3 Å². The van der Waals surface area contributed by atoms with Crippen LogP contribution in [0.4, 0.5) is 0 Å². The number of carbonyl (C=O) groups excluding carboxylic acids is 1. The molecule has 0 radical (unpaired) electrons. The Morgan fingerprint density at radius 3 is 2.46 bits per heavy atom. The number of methoxy groups -OCH3 is 2. The molecule has 134 valence electrons. The van der Waals surface area contributed by atoms with E-state index in [0.29, 0.717) is 23.7 Å². The second-order valence-electron chi connectivity index (χ2n) is 5.60. The normalized spacial score (nSPS) is 10.4. The molecule has 1 aromatic heterocycles. The van der Waals surface area contributed by atoms with Crippen LogP contribution in [-0.4, -0.2) is 36.5 Å². The number of para-hydroxylation sites is 1.